The fourth-order valence-corrected chi connectivity index (χ4v) is 3.50. The summed E-state index contributed by atoms with van der Waals surface area (Å²) in [6.45, 7) is 6.40. The first-order chi connectivity index (χ1) is 9.89. The molecule has 1 aliphatic rings. The van der Waals surface area contributed by atoms with E-state index in [0.717, 1.165) is 12.2 Å². The summed E-state index contributed by atoms with van der Waals surface area (Å²) in [5.41, 5.74) is 1.02. The highest BCUT2D eigenvalue weighted by Crippen LogP contribution is 2.51. The van der Waals surface area contributed by atoms with E-state index in [1.165, 1.54) is 5.56 Å². The molecule has 1 heterocycles. The summed E-state index contributed by atoms with van der Waals surface area (Å²) in [6.07, 6.45) is 4.42. The molecule has 1 aliphatic carbocycles. The summed E-state index contributed by atoms with van der Waals surface area (Å²) in [5, 5.41) is 3.13. The first-order valence-electron chi connectivity index (χ1n) is 7.20. The van der Waals surface area contributed by atoms with Gasteiger partial charge in [0.2, 0.25) is 5.91 Å². The molecule has 0 unspecified atom stereocenters. The molecule has 1 N–H and O–H groups in total. The van der Waals surface area contributed by atoms with Crippen molar-refractivity contribution in [1.82, 2.24) is 10.3 Å². The fraction of sp³-hybridized carbons (Fsp3) is 0.625. The highest BCUT2D eigenvalue weighted by atomic mass is 32.2. The number of methoxy groups -OCH3 is 1. The number of hydrogen-bond acceptors (Lipinski definition) is 4. The van der Waals surface area contributed by atoms with Gasteiger partial charge in [-0.05, 0) is 31.0 Å². The fourth-order valence-electron chi connectivity index (χ4n) is 2.70. The second kappa shape index (κ2) is 6.36. The Labute approximate surface area is 131 Å². The van der Waals surface area contributed by atoms with Gasteiger partial charge in [0.1, 0.15) is 0 Å². The minimum absolute atomic E-state index is 0.0345. The van der Waals surface area contributed by atoms with Gasteiger partial charge in [-0.15, -0.1) is 11.8 Å². The maximum absolute atomic E-state index is 12.0. The molecule has 1 fully saturated rings. The Bertz CT molecular complexity index is 492. The van der Waals surface area contributed by atoms with E-state index in [0.29, 0.717) is 5.75 Å². The van der Waals surface area contributed by atoms with Crippen molar-refractivity contribution in [3.05, 3.63) is 30.1 Å². The van der Waals surface area contributed by atoms with E-state index in [1.54, 1.807) is 31.3 Å². The summed E-state index contributed by atoms with van der Waals surface area (Å²) in [4.78, 5) is 16.0. The van der Waals surface area contributed by atoms with Crippen LogP contribution in [0.15, 0.2) is 24.5 Å². The molecular formula is C16H24N2O2S. The number of nitrogens with one attached hydrogen (secondary N) is 1. The lowest BCUT2D eigenvalue weighted by Gasteiger charge is -2.59. The molecular weight excluding hydrogens is 284 g/mol. The zero-order valence-corrected chi connectivity index (χ0v) is 14.0. The molecule has 2 atom stereocenters. The quantitative estimate of drug-likeness (QED) is 0.878. The molecule has 0 aliphatic heterocycles. The van der Waals surface area contributed by atoms with Gasteiger partial charge >= 0.3 is 0 Å². The van der Waals surface area contributed by atoms with Gasteiger partial charge in [-0.3, -0.25) is 9.78 Å². The van der Waals surface area contributed by atoms with Crippen LogP contribution in [-0.4, -0.2) is 35.4 Å². The summed E-state index contributed by atoms with van der Waals surface area (Å²) >= 11 is 1.63. The molecule has 1 amide bonds. The van der Waals surface area contributed by atoms with Gasteiger partial charge in [-0.1, -0.05) is 13.8 Å². The van der Waals surface area contributed by atoms with Gasteiger partial charge in [0.25, 0.3) is 0 Å². The van der Waals surface area contributed by atoms with E-state index in [2.05, 4.69) is 31.1 Å². The topological polar surface area (TPSA) is 51.2 Å². The third-order valence-electron chi connectivity index (χ3n) is 4.86. The van der Waals surface area contributed by atoms with Crippen LogP contribution in [0.2, 0.25) is 0 Å². The van der Waals surface area contributed by atoms with Crippen LogP contribution in [0.1, 0.15) is 32.8 Å². The van der Waals surface area contributed by atoms with E-state index >= 15 is 0 Å². The zero-order chi connectivity index (χ0) is 15.5. The molecule has 0 aromatic carbocycles. The molecule has 21 heavy (non-hydrogen) atoms. The van der Waals surface area contributed by atoms with Crippen LogP contribution >= 0.6 is 11.8 Å². The average molecular weight is 308 g/mol. The Hall–Kier alpha value is -1.07. The van der Waals surface area contributed by atoms with Gasteiger partial charge < -0.3 is 10.1 Å². The van der Waals surface area contributed by atoms with E-state index in [9.17, 15) is 4.79 Å². The van der Waals surface area contributed by atoms with Crippen LogP contribution in [0, 0.1) is 5.41 Å². The van der Waals surface area contributed by atoms with Crippen LogP contribution < -0.4 is 5.32 Å². The van der Waals surface area contributed by atoms with Gasteiger partial charge in [0.05, 0.1) is 11.4 Å². The van der Waals surface area contributed by atoms with Crippen molar-refractivity contribution in [2.24, 2.45) is 5.41 Å². The van der Waals surface area contributed by atoms with Crippen LogP contribution in [0.4, 0.5) is 0 Å². The molecule has 116 valence electrons. The molecule has 1 saturated carbocycles. The summed E-state index contributed by atoms with van der Waals surface area (Å²) < 4.78 is 5.58. The second-order valence-corrected chi connectivity index (χ2v) is 7.31. The largest absolute Gasteiger partial charge is 0.378 e. The third-order valence-corrected chi connectivity index (χ3v) is 5.87. The number of pyridine rings is 1. The minimum Gasteiger partial charge on any atom is -0.378 e. The Kier molecular flexibility index (Phi) is 4.94. The predicted molar refractivity (Wildman–Crippen MR) is 86.1 cm³/mol. The lowest BCUT2D eigenvalue weighted by Crippen LogP contribution is -2.68. The number of carbonyl (C=O) groups excluding carboxylic acids is 1. The smallest absolute Gasteiger partial charge is 0.230 e. The first kappa shape index (κ1) is 16.3. The molecule has 1 aromatic heterocycles. The predicted octanol–water partition coefficient (Wildman–Crippen LogP) is 2.63. The second-order valence-electron chi connectivity index (χ2n) is 6.33. The molecule has 5 heteroatoms. The number of thioether (sulfide) groups is 1. The van der Waals surface area contributed by atoms with E-state index in [-0.39, 0.29) is 23.0 Å². The number of amides is 1. The number of rotatable bonds is 6. The molecule has 0 bridgehead atoms. The number of hydrogen-bond donors (Lipinski definition) is 1. The molecule has 1 aromatic rings. The van der Waals surface area contributed by atoms with Crippen LogP contribution in [0.5, 0.6) is 0 Å². The van der Waals surface area contributed by atoms with Crippen molar-refractivity contribution in [2.45, 2.75) is 44.6 Å². The van der Waals surface area contributed by atoms with Gasteiger partial charge in [0.15, 0.2) is 0 Å². The third kappa shape index (κ3) is 3.40. The molecule has 0 saturated heterocycles. The SMILES string of the molecule is CO[C@]1(C)C[C@@H](NC(=O)CSCc2ccncc2)C1(C)C. The number of nitrogens with zero attached hydrogens (tertiary/aromatic N) is 1. The highest BCUT2D eigenvalue weighted by Gasteiger charge is 2.58. The Balaban J connectivity index is 1.74. The summed E-state index contributed by atoms with van der Waals surface area (Å²) in [5.74, 6) is 1.42. The number of aromatic nitrogens is 1. The Morgan fingerprint density at radius 2 is 2.10 bits per heavy atom. The average Bonchev–Trinajstić information content (AvgIpc) is 2.47. The van der Waals surface area contributed by atoms with Crippen molar-refractivity contribution in [2.75, 3.05) is 12.9 Å². The Morgan fingerprint density at radius 3 is 2.67 bits per heavy atom. The van der Waals surface area contributed by atoms with Gasteiger partial charge in [-0.2, -0.15) is 0 Å². The first-order valence-corrected chi connectivity index (χ1v) is 8.36. The van der Waals surface area contributed by atoms with E-state index < -0.39 is 0 Å². The van der Waals surface area contributed by atoms with Crippen molar-refractivity contribution in [1.29, 1.82) is 0 Å². The molecule has 2 rings (SSSR count). The molecule has 4 nitrogen and oxygen atoms in total. The van der Waals surface area contributed by atoms with Crippen LogP contribution in [0.25, 0.3) is 0 Å². The van der Waals surface area contributed by atoms with Crippen LogP contribution in [-0.2, 0) is 15.3 Å². The maximum Gasteiger partial charge on any atom is 0.230 e. The summed E-state index contributed by atoms with van der Waals surface area (Å²) in [6, 6.07) is 4.14. The van der Waals surface area contributed by atoms with Crippen molar-refractivity contribution >= 4 is 17.7 Å². The van der Waals surface area contributed by atoms with Crippen molar-refractivity contribution in [3.63, 3.8) is 0 Å². The molecule has 0 spiro atoms. The van der Waals surface area contributed by atoms with Crippen LogP contribution in [0.3, 0.4) is 0 Å². The maximum atomic E-state index is 12.0. The van der Waals surface area contributed by atoms with Crippen molar-refractivity contribution in [3.8, 4) is 0 Å². The number of ether oxygens (including phenoxy) is 1. The lowest BCUT2D eigenvalue weighted by molar-refractivity contribution is -0.182. The van der Waals surface area contributed by atoms with E-state index in [4.69, 9.17) is 4.74 Å². The standard InChI is InChI=1S/C16H24N2O2S/c1-15(2)13(9-16(15,3)20-4)18-14(19)11-21-10-12-5-7-17-8-6-12/h5-8,13H,9-11H2,1-4H3,(H,18,19)/t13-,16-/m1/s1. The minimum atomic E-state index is -0.144. The molecule has 0 radical (unpaired) electrons. The normalized spacial score (nSPS) is 27.0. The lowest BCUT2D eigenvalue weighted by atomic mass is 9.56. The van der Waals surface area contributed by atoms with Gasteiger partial charge in [0, 0.05) is 36.7 Å². The number of carbonyl (C=O) groups is 1. The van der Waals surface area contributed by atoms with Gasteiger partial charge in [-0.25, -0.2) is 0 Å². The highest BCUT2D eigenvalue weighted by molar-refractivity contribution is 7.99. The Morgan fingerprint density at radius 1 is 1.43 bits per heavy atom. The monoisotopic (exact) mass is 308 g/mol. The van der Waals surface area contributed by atoms with E-state index in [1.807, 2.05) is 12.1 Å². The zero-order valence-electron chi connectivity index (χ0n) is 13.2. The summed E-state index contributed by atoms with van der Waals surface area (Å²) in [7, 11) is 1.74. The van der Waals surface area contributed by atoms with Crippen molar-refractivity contribution < 1.29 is 9.53 Å².